The summed E-state index contributed by atoms with van der Waals surface area (Å²) in [6.07, 6.45) is 10.00. The molecule has 94 valence electrons. The van der Waals surface area contributed by atoms with Gasteiger partial charge in [-0.15, -0.1) is 0 Å². The smallest absolute Gasteiger partial charge is 0.320 e. The van der Waals surface area contributed by atoms with Crippen LogP contribution in [0, 0.1) is 0 Å². The van der Waals surface area contributed by atoms with Gasteiger partial charge in [0.25, 0.3) is 0 Å². The average Bonchev–Trinajstić information content (AvgIpc) is 2.78. The van der Waals surface area contributed by atoms with Gasteiger partial charge in [0.05, 0.1) is 6.33 Å². The van der Waals surface area contributed by atoms with Crippen LogP contribution in [0.4, 0.5) is 0 Å². The number of nitrogens with two attached hydrogens (primary N) is 1. The highest BCUT2D eigenvalue weighted by molar-refractivity contribution is 5.73. The van der Waals surface area contributed by atoms with Crippen molar-refractivity contribution in [2.75, 3.05) is 0 Å². The van der Waals surface area contributed by atoms with Crippen molar-refractivity contribution in [1.29, 1.82) is 0 Å². The van der Waals surface area contributed by atoms with E-state index in [1.165, 1.54) is 19.3 Å². The SMILES string of the molecule is NC(Cc1cncn1C1CCCCC1)C(=O)O. The lowest BCUT2D eigenvalue weighted by atomic mass is 9.95. The zero-order valence-corrected chi connectivity index (χ0v) is 9.88. The second-order valence-corrected chi connectivity index (χ2v) is 4.73. The molecule has 0 bridgehead atoms. The predicted molar refractivity (Wildman–Crippen MR) is 63.7 cm³/mol. The molecule has 0 saturated heterocycles. The first kappa shape index (κ1) is 12.1. The van der Waals surface area contributed by atoms with Crippen LogP contribution >= 0.6 is 0 Å². The van der Waals surface area contributed by atoms with Gasteiger partial charge >= 0.3 is 5.97 Å². The van der Waals surface area contributed by atoms with Crippen LogP contribution in [0.2, 0.25) is 0 Å². The largest absolute Gasteiger partial charge is 0.480 e. The fourth-order valence-corrected chi connectivity index (χ4v) is 2.49. The fourth-order valence-electron chi connectivity index (χ4n) is 2.49. The summed E-state index contributed by atoms with van der Waals surface area (Å²) in [4.78, 5) is 14.9. The molecule has 17 heavy (non-hydrogen) atoms. The van der Waals surface area contributed by atoms with E-state index in [1.54, 1.807) is 12.5 Å². The Morgan fingerprint density at radius 2 is 2.24 bits per heavy atom. The van der Waals surface area contributed by atoms with E-state index in [-0.39, 0.29) is 0 Å². The predicted octanol–water partition coefficient (Wildman–Crippen LogP) is 1.34. The number of carbonyl (C=O) groups is 1. The fraction of sp³-hybridized carbons (Fsp3) is 0.667. The van der Waals surface area contributed by atoms with E-state index in [9.17, 15) is 4.79 Å². The molecule has 5 nitrogen and oxygen atoms in total. The number of aromatic nitrogens is 2. The van der Waals surface area contributed by atoms with Crippen LogP contribution in [-0.4, -0.2) is 26.7 Å². The van der Waals surface area contributed by atoms with Crippen LogP contribution in [0.15, 0.2) is 12.5 Å². The molecule has 5 heteroatoms. The summed E-state index contributed by atoms with van der Waals surface area (Å²) in [5.74, 6) is -0.957. The first-order valence-electron chi connectivity index (χ1n) is 6.17. The lowest BCUT2D eigenvalue weighted by molar-refractivity contribution is -0.138. The Balaban J connectivity index is 2.07. The van der Waals surface area contributed by atoms with Crippen LogP contribution in [-0.2, 0) is 11.2 Å². The second kappa shape index (κ2) is 5.31. The molecule has 0 aliphatic heterocycles. The molecule has 1 aromatic rings. The maximum Gasteiger partial charge on any atom is 0.320 e. The number of hydrogen-bond donors (Lipinski definition) is 2. The van der Waals surface area contributed by atoms with E-state index in [1.807, 2.05) is 0 Å². The molecule has 1 heterocycles. The minimum Gasteiger partial charge on any atom is -0.480 e. The molecule has 1 unspecified atom stereocenters. The Hall–Kier alpha value is -1.36. The van der Waals surface area contributed by atoms with Gasteiger partial charge in [0.2, 0.25) is 0 Å². The molecule has 0 spiro atoms. The van der Waals surface area contributed by atoms with E-state index in [4.69, 9.17) is 10.8 Å². The third-order valence-corrected chi connectivity index (χ3v) is 3.46. The topological polar surface area (TPSA) is 81.1 Å². The van der Waals surface area contributed by atoms with Gasteiger partial charge in [0.1, 0.15) is 6.04 Å². The normalized spacial score (nSPS) is 19.1. The monoisotopic (exact) mass is 237 g/mol. The number of carboxylic acid groups (broad SMARTS) is 1. The van der Waals surface area contributed by atoms with Crippen molar-refractivity contribution in [2.24, 2.45) is 5.73 Å². The second-order valence-electron chi connectivity index (χ2n) is 4.73. The molecule has 1 atom stereocenters. The lowest BCUT2D eigenvalue weighted by Crippen LogP contribution is -2.33. The van der Waals surface area contributed by atoms with E-state index >= 15 is 0 Å². The highest BCUT2D eigenvalue weighted by Crippen LogP contribution is 2.29. The maximum atomic E-state index is 10.8. The highest BCUT2D eigenvalue weighted by atomic mass is 16.4. The molecule has 3 N–H and O–H groups in total. The van der Waals surface area contributed by atoms with Crippen molar-refractivity contribution in [2.45, 2.75) is 50.6 Å². The zero-order valence-electron chi connectivity index (χ0n) is 9.88. The lowest BCUT2D eigenvalue weighted by Gasteiger charge is -2.25. The Morgan fingerprint density at radius 1 is 1.53 bits per heavy atom. The van der Waals surface area contributed by atoms with Gasteiger partial charge < -0.3 is 15.4 Å². The third kappa shape index (κ3) is 2.85. The summed E-state index contributed by atoms with van der Waals surface area (Å²) in [5.41, 5.74) is 6.50. The van der Waals surface area contributed by atoms with Gasteiger partial charge in [0, 0.05) is 24.4 Å². The van der Waals surface area contributed by atoms with E-state index in [0.29, 0.717) is 12.5 Å². The molecular weight excluding hydrogens is 218 g/mol. The first-order chi connectivity index (χ1) is 8.18. The van der Waals surface area contributed by atoms with Gasteiger partial charge in [-0.3, -0.25) is 4.79 Å². The molecule has 1 aliphatic carbocycles. The molecule has 0 radical (unpaired) electrons. The Bertz CT molecular complexity index is 383. The Labute approximate surface area is 101 Å². The van der Waals surface area contributed by atoms with Crippen molar-refractivity contribution in [3.05, 3.63) is 18.2 Å². The molecule has 1 saturated carbocycles. The van der Waals surface area contributed by atoms with Gasteiger partial charge in [-0.25, -0.2) is 4.98 Å². The zero-order chi connectivity index (χ0) is 12.3. The molecule has 1 fully saturated rings. The van der Waals surface area contributed by atoms with E-state index in [0.717, 1.165) is 18.5 Å². The van der Waals surface area contributed by atoms with Gasteiger partial charge in [0.15, 0.2) is 0 Å². The van der Waals surface area contributed by atoms with E-state index in [2.05, 4.69) is 9.55 Å². The molecule has 1 aromatic heterocycles. The van der Waals surface area contributed by atoms with Crippen molar-refractivity contribution in [3.8, 4) is 0 Å². The summed E-state index contributed by atoms with van der Waals surface area (Å²) in [6.45, 7) is 0. The molecule has 0 amide bonds. The van der Waals surface area contributed by atoms with Crippen molar-refractivity contribution in [3.63, 3.8) is 0 Å². The number of rotatable bonds is 4. The minimum atomic E-state index is -0.957. The summed E-state index contributed by atoms with van der Waals surface area (Å²) in [7, 11) is 0. The Morgan fingerprint density at radius 3 is 2.88 bits per heavy atom. The molecular formula is C12H19N3O2. The summed E-state index contributed by atoms with van der Waals surface area (Å²) in [5, 5.41) is 8.83. The molecule has 0 aromatic carbocycles. The van der Waals surface area contributed by atoms with Crippen LogP contribution in [0.3, 0.4) is 0 Å². The van der Waals surface area contributed by atoms with Crippen molar-refractivity contribution in [1.82, 2.24) is 9.55 Å². The molecule has 1 aliphatic rings. The number of imidazole rings is 1. The van der Waals surface area contributed by atoms with Crippen LogP contribution in [0.1, 0.15) is 43.8 Å². The van der Waals surface area contributed by atoms with Crippen LogP contribution in [0.5, 0.6) is 0 Å². The van der Waals surface area contributed by atoms with Gasteiger partial charge in [-0.1, -0.05) is 19.3 Å². The van der Waals surface area contributed by atoms with Crippen molar-refractivity contribution < 1.29 is 9.90 Å². The van der Waals surface area contributed by atoms with E-state index < -0.39 is 12.0 Å². The van der Waals surface area contributed by atoms with Crippen molar-refractivity contribution >= 4 is 5.97 Å². The van der Waals surface area contributed by atoms with Gasteiger partial charge in [-0.05, 0) is 12.8 Å². The average molecular weight is 237 g/mol. The maximum absolute atomic E-state index is 10.8. The van der Waals surface area contributed by atoms with Gasteiger partial charge in [-0.2, -0.15) is 0 Å². The summed E-state index contributed by atoms with van der Waals surface area (Å²) < 4.78 is 2.11. The minimum absolute atomic E-state index is 0.353. The number of carboxylic acids is 1. The number of hydrogen-bond acceptors (Lipinski definition) is 3. The summed E-state index contributed by atoms with van der Waals surface area (Å²) in [6, 6.07) is -0.365. The van der Waals surface area contributed by atoms with Crippen LogP contribution < -0.4 is 5.73 Å². The molecule has 2 rings (SSSR count). The van der Waals surface area contributed by atoms with Crippen LogP contribution in [0.25, 0.3) is 0 Å². The number of aliphatic carboxylic acids is 1. The Kier molecular flexibility index (Phi) is 3.78. The first-order valence-corrected chi connectivity index (χ1v) is 6.17. The summed E-state index contributed by atoms with van der Waals surface area (Å²) >= 11 is 0. The quantitative estimate of drug-likeness (QED) is 0.828. The third-order valence-electron chi connectivity index (χ3n) is 3.46. The number of nitrogens with zero attached hydrogens (tertiary/aromatic N) is 2. The highest BCUT2D eigenvalue weighted by Gasteiger charge is 2.20. The standard InChI is InChI=1S/C12H19N3O2/c13-11(12(16)17)6-10-7-14-8-15(10)9-4-2-1-3-5-9/h7-9,11H,1-6,13H2,(H,16,17).